The number of imide groups is 1. The van der Waals surface area contributed by atoms with E-state index in [1.54, 1.807) is 31.3 Å². The molecule has 1 heterocycles. The molecule has 2 aromatic rings. The lowest BCUT2D eigenvalue weighted by atomic mass is 10.1. The molecule has 2 rings (SSSR count). The summed E-state index contributed by atoms with van der Waals surface area (Å²) in [6.07, 6.45) is 1.60. The topological polar surface area (TPSA) is 71.1 Å². The fraction of sp³-hybridized carbons (Fsp3) is 0.235. The Morgan fingerprint density at radius 3 is 2.67 bits per heavy atom. The molecule has 0 aliphatic heterocycles. The maximum absolute atomic E-state index is 12.1. The number of thioether (sulfide) groups is 1. The zero-order valence-corrected chi connectivity index (χ0v) is 15.2. The SMILES string of the molecule is Cc1ccc(NC(=O)NC(=O)C(C)Sc2ncccc2Cl)c(C)c1. The summed E-state index contributed by atoms with van der Waals surface area (Å²) >= 11 is 7.22. The average molecular weight is 364 g/mol. The second kappa shape index (κ2) is 8.17. The van der Waals surface area contributed by atoms with Crippen LogP contribution in [0, 0.1) is 13.8 Å². The second-order valence-corrected chi connectivity index (χ2v) is 7.05. The van der Waals surface area contributed by atoms with Crippen LogP contribution in [0.15, 0.2) is 41.6 Å². The highest BCUT2D eigenvalue weighted by Crippen LogP contribution is 2.27. The molecule has 0 saturated carbocycles. The Hall–Kier alpha value is -2.05. The van der Waals surface area contributed by atoms with E-state index in [2.05, 4.69) is 15.6 Å². The molecule has 0 aliphatic carbocycles. The number of aryl methyl sites for hydroxylation is 2. The van der Waals surface area contributed by atoms with E-state index in [-0.39, 0.29) is 0 Å². The Morgan fingerprint density at radius 1 is 1.25 bits per heavy atom. The number of pyridine rings is 1. The minimum absolute atomic E-state index is 0.413. The van der Waals surface area contributed by atoms with Gasteiger partial charge in [-0.1, -0.05) is 41.1 Å². The van der Waals surface area contributed by atoms with Crippen LogP contribution in [-0.4, -0.2) is 22.2 Å². The van der Waals surface area contributed by atoms with Gasteiger partial charge >= 0.3 is 6.03 Å². The summed E-state index contributed by atoms with van der Waals surface area (Å²) in [5, 5.41) is 5.52. The van der Waals surface area contributed by atoms with Crippen molar-refractivity contribution >= 4 is 41.0 Å². The molecular weight excluding hydrogens is 346 g/mol. The van der Waals surface area contributed by atoms with Crippen molar-refractivity contribution in [2.24, 2.45) is 0 Å². The molecule has 0 spiro atoms. The molecule has 24 heavy (non-hydrogen) atoms. The van der Waals surface area contributed by atoms with Crippen molar-refractivity contribution in [1.82, 2.24) is 10.3 Å². The number of carbonyl (C=O) groups excluding carboxylic acids is 2. The maximum Gasteiger partial charge on any atom is 0.325 e. The van der Waals surface area contributed by atoms with E-state index in [4.69, 9.17) is 11.6 Å². The molecule has 2 N–H and O–H groups in total. The molecule has 5 nitrogen and oxygen atoms in total. The van der Waals surface area contributed by atoms with Gasteiger partial charge < -0.3 is 5.32 Å². The van der Waals surface area contributed by atoms with Crippen LogP contribution in [0.3, 0.4) is 0 Å². The fourth-order valence-electron chi connectivity index (χ4n) is 2.00. The first kappa shape index (κ1) is 18.3. The van der Waals surface area contributed by atoms with Crippen molar-refractivity contribution in [3.8, 4) is 0 Å². The van der Waals surface area contributed by atoms with Crippen LogP contribution >= 0.6 is 23.4 Å². The molecule has 7 heteroatoms. The second-order valence-electron chi connectivity index (χ2n) is 5.31. The Kier molecular flexibility index (Phi) is 6.23. The number of hydrogen-bond donors (Lipinski definition) is 2. The Balaban J connectivity index is 1.93. The van der Waals surface area contributed by atoms with Gasteiger partial charge in [-0.15, -0.1) is 0 Å². The van der Waals surface area contributed by atoms with E-state index in [1.807, 2.05) is 26.0 Å². The number of amides is 3. The van der Waals surface area contributed by atoms with Gasteiger partial charge in [-0.25, -0.2) is 9.78 Å². The largest absolute Gasteiger partial charge is 0.325 e. The van der Waals surface area contributed by atoms with Gasteiger partial charge in [0.15, 0.2) is 0 Å². The summed E-state index contributed by atoms with van der Waals surface area (Å²) in [6, 6.07) is 8.51. The molecule has 1 unspecified atom stereocenters. The molecule has 126 valence electrons. The Bertz CT molecular complexity index is 767. The van der Waals surface area contributed by atoms with Crippen molar-refractivity contribution in [3.05, 3.63) is 52.7 Å². The maximum atomic E-state index is 12.1. The van der Waals surface area contributed by atoms with Gasteiger partial charge in [0, 0.05) is 11.9 Å². The molecule has 1 aromatic heterocycles. The molecule has 3 amide bonds. The number of benzene rings is 1. The summed E-state index contributed by atoms with van der Waals surface area (Å²) in [5.74, 6) is -0.413. The van der Waals surface area contributed by atoms with Crippen LogP contribution in [0.2, 0.25) is 5.02 Å². The number of rotatable bonds is 4. The van der Waals surface area contributed by atoms with Gasteiger partial charge in [-0.3, -0.25) is 10.1 Å². The molecule has 0 radical (unpaired) electrons. The van der Waals surface area contributed by atoms with Crippen LogP contribution in [0.25, 0.3) is 0 Å². The number of nitrogens with one attached hydrogen (secondary N) is 2. The summed E-state index contributed by atoms with van der Waals surface area (Å²) in [5.41, 5.74) is 2.70. The minimum atomic E-state index is -0.563. The molecule has 1 atom stereocenters. The first-order chi connectivity index (χ1) is 11.4. The molecule has 0 bridgehead atoms. The van der Waals surface area contributed by atoms with Gasteiger partial charge in [0.05, 0.1) is 10.3 Å². The normalized spacial score (nSPS) is 11.7. The molecule has 0 fully saturated rings. The highest BCUT2D eigenvalue weighted by molar-refractivity contribution is 8.00. The highest BCUT2D eigenvalue weighted by Gasteiger charge is 2.19. The number of urea groups is 1. The molecule has 0 saturated heterocycles. The third-order valence-corrected chi connectivity index (χ3v) is 4.78. The van der Waals surface area contributed by atoms with E-state index in [1.165, 1.54) is 11.8 Å². The number of carbonyl (C=O) groups is 2. The first-order valence-electron chi connectivity index (χ1n) is 7.33. The van der Waals surface area contributed by atoms with Crippen LogP contribution in [0.5, 0.6) is 0 Å². The first-order valence-corrected chi connectivity index (χ1v) is 8.59. The van der Waals surface area contributed by atoms with Crippen LogP contribution in [0.1, 0.15) is 18.1 Å². The third-order valence-electron chi connectivity index (χ3n) is 3.25. The zero-order chi connectivity index (χ0) is 17.7. The summed E-state index contributed by atoms with van der Waals surface area (Å²) in [4.78, 5) is 28.2. The molecule has 0 aliphatic rings. The van der Waals surface area contributed by atoms with Crippen molar-refractivity contribution < 1.29 is 9.59 Å². The van der Waals surface area contributed by atoms with Crippen LogP contribution in [0.4, 0.5) is 10.5 Å². The van der Waals surface area contributed by atoms with E-state index < -0.39 is 17.2 Å². The number of nitrogens with zero attached hydrogens (tertiary/aromatic N) is 1. The smallest absolute Gasteiger partial charge is 0.307 e. The summed E-state index contributed by atoms with van der Waals surface area (Å²) in [6.45, 7) is 5.56. The van der Waals surface area contributed by atoms with Gasteiger partial charge in [0.1, 0.15) is 5.03 Å². The lowest BCUT2D eigenvalue weighted by Gasteiger charge is -2.13. The fourth-order valence-corrected chi connectivity index (χ4v) is 3.06. The van der Waals surface area contributed by atoms with E-state index >= 15 is 0 Å². The van der Waals surface area contributed by atoms with Crippen molar-refractivity contribution in [2.45, 2.75) is 31.0 Å². The standard InChI is InChI=1S/C17H18ClN3O2S/c1-10-6-7-14(11(2)9-10)20-17(23)21-15(22)12(3)24-16-13(18)5-4-8-19-16/h4-9,12H,1-3H3,(H2,20,21,22,23). The van der Waals surface area contributed by atoms with Gasteiger partial charge in [-0.2, -0.15) is 0 Å². The lowest BCUT2D eigenvalue weighted by Crippen LogP contribution is -2.39. The van der Waals surface area contributed by atoms with Gasteiger partial charge in [0.2, 0.25) is 5.91 Å². The van der Waals surface area contributed by atoms with Crippen molar-refractivity contribution in [2.75, 3.05) is 5.32 Å². The average Bonchev–Trinajstić information content (AvgIpc) is 2.52. The van der Waals surface area contributed by atoms with E-state index in [0.29, 0.717) is 15.7 Å². The van der Waals surface area contributed by atoms with E-state index in [9.17, 15) is 9.59 Å². The highest BCUT2D eigenvalue weighted by atomic mass is 35.5. The number of aromatic nitrogens is 1. The van der Waals surface area contributed by atoms with Crippen LogP contribution < -0.4 is 10.6 Å². The summed E-state index contributed by atoms with van der Waals surface area (Å²) in [7, 11) is 0. The van der Waals surface area contributed by atoms with Gasteiger partial charge in [0.25, 0.3) is 0 Å². The number of hydrogen-bond acceptors (Lipinski definition) is 4. The van der Waals surface area contributed by atoms with Crippen molar-refractivity contribution in [1.29, 1.82) is 0 Å². The van der Waals surface area contributed by atoms with Crippen LogP contribution in [-0.2, 0) is 4.79 Å². The minimum Gasteiger partial charge on any atom is -0.307 e. The van der Waals surface area contributed by atoms with E-state index in [0.717, 1.165) is 11.1 Å². The third kappa shape index (κ3) is 4.97. The monoisotopic (exact) mass is 363 g/mol. The summed E-state index contributed by atoms with van der Waals surface area (Å²) < 4.78 is 0. The quantitative estimate of drug-likeness (QED) is 0.799. The van der Waals surface area contributed by atoms with Gasteiger partial charge in [-0.05, 0) is 44.5 Å². The predicted octanol–water partition coefficient (Wildman–Crippen LogP) is 4.18. The number of halogens is 1. The number of anilines is 1. The Labute approximate surface area is 150 Å². The Morgan fingerprint density at radius 2 is 2.00 bits per heavy atom. The van der Waals surface area contributed by atoms with Crippen molar-refractivity contribution in [3.63, 3.8) is 0 Å². The molecular formula is C17H18ClN3O2S. The zero-order valence-electron chi connectivity index (χ0n) is 13.6. The molecule has 1 aromatic carbocycles. The predicted molar refractivity (Wildman–Crippen MR) is 97.6 cm³/mol. The lowest BCUT2D eigenvalue weighted by molar-refractivity contribution is -0.119.